The fourth-order valence-electron chi connectivity index (χ4n) is 2.36. The lowest BCUT2D eigenvalue weighted by atomic mass is 10.1. The van der Waals surface area contributed by atoms with Crippen LogP contribution in [0.15, 0.2) is 61.1 Å². The van der Waals surface area contributed by atoms with Gasteiger partial charge in [0.25, 0.3) is 0 Å². The van der Waals surface area contributed by atoms with Crippen LogP contribution in [0.2, 0.25) is 0 Å². The fourth-order valence-corrected chi connectivity index (χ4v) is 2.36. The van der Waals surface area contributed by atoms with Gasteiger partial charge in [0.15, 0.2) is 0 Å². The molecule has 0 bridgehead atoms. The average molecular weight is 281 g/mol. The van der Waals surface area contributed by atoms with Crippen LogP contribution in [0.5, 0.6) is 0 Å². The number of hydrogen-bond donors (Lipinski definition) is 1. The van der Waals surface area contributed by atoms with Crippen molar-refractivity contribution in [2.45, 2.75) is 6.54 Å². The Kier molecular flexibility index (Phi) is 3.79. The molecule has 1 N–H and O–H groups in total. The van der Waals surface area contributed by atoms with E-state index >= 15 is 0 Å². The molecule has 3 nitrogen and oxygen atoms in total. The summed E-state index contributed by atoms with van der Waals surface area (Å²) in [6.07, 6.45) is 3.56. The average Bonchev–Trinajstić information content (AvgIpc) is 2.98. The van der Waals surface area contributed by atoms with Crippen molar-refractivity contribution in [1.82, 2.24) is 14.9 Å². The second-order valence-electron chi connectivity index (χ2n) is 4.86. The maximum absolute atomic E-state index is 13.1. The van der Waals surface area contributed by atoms with Crippen LogP contribution < -0.4 is 5.32 Å². The van der Waals surface area contributed by atoms with Crippen molar-refractivity contribution in [1.29, 1.82) is 0 Å². The number of imidazole rings is 1. The van der Waals surface area contributed by atoms with Gasteiger partial charge >= 0.3 is 0 Å². The van der Waals surface area contributed by atoms with Gasteiger partial charge in [-0.2, -0.15) is 0 Å². The molecule has 106 valence electrons. The zero-order valence-corrected chi connectivity index (χ0v) is 11.8. The highest BCUT2D eigenvalue weighted by Gasteiger charge is 2.07. The standard InChI is InChI=1S/C17H16FN3/c1-19-10-13-3-2-4-16(9-13)21-12-20-11-17(21)14-5-7-15(18)8-6-14/h2-9,11-12,19H,10H2,1H3. The van der Waals surface area contributed by atoms with Crippen molar-refractivity contribution in [2.75, 3.05) is 7.05 Å². The Labute approximate surface area is 123 Å². The molecule has 0 atom stereocenters. The molecule has 1 heterocycles. The van der Waals surface area contributed by atoms with Gasteiger partial charge in [0.2, 0.25) is 0 Å². The first kappa shape index (κ1) is 13.5. The Morgan fingerprint density at radius 1 is 1.14 bits per heavy atom. The van der Waals surface area contributed by atoms with E-state index in [-0.39, 0.29) is 5.82 Å². The lowest BCUT2D eigenvalue weighted by Crippen LogP contribution is -2.05. The minimum Gasteiger partial charge on any atom is -0.316 e. The van der Waals surface area contributed by atoms with E-state index in [0.717, 1.165) is 23.5 Å². The first-order valence-electron chi connectivity index (χ1n) is 6.80. The third-order valence-electron chi connectivity index (χ3n) is 3.35. The summed E-state index contributed by atoms with van der Waals surface area (Å²) in [7, 11) is 1.92. The molecule has 0 amide bonds. The number of rotatable bonds is 4. The van der Waals surface area contributed by atoms with Crippen LogP contribution in [0.4, 0.5) is 4.39 Å². The topological polar surface area (TPSA) is 29.9 Å². The molecule has 0 aliphatic carbocycles. The van der Waals surface area contributed by atoms with Crippen LogP contribution in [0.1, 0.15) is 5.56 Å². The number of nitrogens with one attached hydrogen (secondary N) is 1. The molecule has 0 saturated carbocycles. The maximum atomic E-state index is 13.1. The van der Waals surface area contributed by atoms with Crippen LogP contribution in [0.3, 0.4) is 0 Å². The Bertz CT molecular complexity index is 732. The van der Waals surface area contributed by atoms with Gasteiger partial charge in [0, 0.05) is 17.8 Å². The van der Waals surface area contributed by atoms with E-state index in [1.54, 1.807) is 24.7 Å². The SMILES string of the molecule is CNCc1cccc(-n2cncc2-c2ccc(F)cc2)c1. The number of aromatic nitrogens is 2. The van der Waals surface area contributed by atoms with Crippen molar-refractivity contribution in [3.8, 4) is 16.9 Å². The van der Waals surface area contributed by atoms with E-state index < -0.39 is 0 Å². The summed E-state index contributed by atoms with van der Waals surface area (Å²) in [5.41, 5.74) is 4.12. The Hall–Kier alpha value is -2.46. The molecule has 0 unspecified atom stereocenters. The molecular formula is C17H16FN3. The third-order valence-corrected chi connectivity index (χ3v) is 3.35. The lowest BCUT2D eigenvalue weighted by molar-refractivity contribution is 0.628. The Morgan fingerprint density at radius 2 is 1.95 bits per heavy atom. The van der Waals surface area contributed by atoms with Gasteiger partial charge < -0.3 is 5.32 Å². The second kappa shape index (κ2) is 5.89. The molecule has 0 fully saturated rings. The maximum Gasteiger partial charge on any atom is 0.123 e. The number of halogens is 1. The zero-order chi connectivity index (χ0) is 14.7. The van der Waals surface area contributed by atoms with E-state index in [1.807, 2.05) is 23.7 Å². The monoisotopic (exact) mass is 281 g/mol. The van der Waals surface area contributed by atoms with E-state index in [9.17, 15) is 4.39 Å². The van der Waals surface area contributed by atoms with Crippen molar-refractivity contribution >= 4 is 0 Å². The van der Waals surface area contributed by atoms with Crippen molar-refractivity contribution in [3.05, 3.63) is 72.4 Å². The lowest BCUT2D eigenvalue weighted by Gasteiger charge is -2.10. The van der Waals surface area contributed by atoms with Crippen molar-refractivity contribution < 1.29 is 4.39 Å². The van der Waals surface area contributed by atoms with Crippen LogP contribution in [-0.2, 0) is 6.54 Å². The van der Waals surface area contributed by atoms with Crippen molar-refractivity contribution in [3.63, 3.8) is 0 Å². The van der Waals surface area contributed by atoms with E-state index in [0.29, 0.717) is 0 Å². The smallest absolute Gasteiger partial charge is 0.123 e. The summed E-state index contributed by atoms with van der Waals surface area (Å²) in [6, 6.07) is 14.7. The highest BCUT2D eigenvalue weighted by atomic mass is 19.1. The molecule has 0 aliphatic rings. The van der Waals surface area contributed by atoms with Crippen LogP contribution in [0, 0.1) is 5.82 Å². The molecule has 21 heavy (non-hydrogen) atoms. The summed E-state index contributed by atoms with van der Waals surface area (Å²) in [5.74, 6) is -0.235. The third kappa shape index (κ3) is 2.85. The van der Waals surface area contributed by atoms with E-state index in [1.165, 1.54) is 17.7 Å². The van der Waals surface area contributed by atoms with Crippen LogP contribution in [0.25, 0.3) is 16.9 Å². The molecular weight excluding hydrogens is 265 g/mol. The predicted molar refractivity (Wildman–Crippen MR) is 81.7 cm³/mol. The molecule has 3 rings (SSSR count). The first-order chi connectivity index (χ1) is 10.3. The van der Waals surface area contributed by atoms with E-state index in [4.69, 9.17) is 0 Å². The Balaban J connectivity index is 2.02. The van der Waals surface area contributed by atoms with Gasteiger partial charge in [-0.05, 0) is 49.0 Å². The number of nitrogens with zero attached hydrogens (tertiary/aromatic N) is 2. The second-order valence-corrected chi connectivity index (χ2v) is 4.86. The molecule has 2 aromatic carbocycles. The summed E-state index contributed by atoms with van der Waals surface area (Å²) >= 11 is 0. The normalized spacial score (nSPS) is 10.8. The van der Waals surface area contributed by atoms with Crippen LogP contribution >= 0.6 is 0 Å². The highest BCUT2D eigenvalue weighted by molar-refractivity contribution is 5.61. The molecule has 0 spiro atoms. The van der Waals surface area contributed by atoms with E-state index in [2.05, 4.69) is 22.4 Å². The molecule has 4 heteroatoms. The summed E-state index contributed by atoms with van der Waals surface area (Å²) in [6.45, 7) is 0.814. The molecule has 3 aromatic rings. The first-order valence-corrected chi connectivity index (χ1v) is 6.80. The molecule has 0 radical (unpaired) electrons. The predicted octanol–water partition coefficient (Wildman–Crippen LogP) is 3.40. The van der Waals surface area contributed by atoms with Gasteiger partial charge in [0.05, 0.1) is 18.2 Å². The van der Waals surface area contributed by atoms with Gasteiger partial charge in [-0.1, -0.05) is 12.1 Å². The minimum atomic E-state index is -0.235. The van der Waals surface area contributed by atoms with Gasteiger partial charge in [-0.15, -0.1) is 0 Å². The molecule has 0 aliphatic heterocycles. The van der Waals surface area contributed by atoms with Gasteiger partial charge in [0.1, 0.15) is 5.82 Å². The quantitative estimate of drug-likeness (QED) is 0.794. The Morgan fingerprint density at radius 3 is 2.71 bits per heavy atom. The summed E-state index contributed by atoms with van der Waals surface area (Å²) < 4.78 is 15.1. The fraction of sp³-hybridized carbons (Fsp3) is 0.118. The molecule has 0 saturated heterocycles. The minimum absolute atomic E-state index is 0.235. The summed E-state index contributed by atoms with van der Waals surface area (Å²) in [4.78, 5) is 4.23. The zero-order valence-electron chi connectivity index (χ0n) is 11.8. The van der Waals surface area contributed by atoms with Crippen LogP contribution in [-0.4, -0.2) is 16.6 Å². The highest BCUT2D eigenvalue weighted by Crippen LogP contribution is 2.23. The van der Waals surface area contributed by atoms with Crippen molar-refractivity contribution in [2.24, 2.45) is 0 Å². The number of benzene rings is 2. The largest absolute Gasteiger partial charge is 0.316 e. The number of hydrogen-bond acceptors (Lipinski definition) is 2. The summed E-state index contributed by atoms with van der Waals surface area (Å²) in [5, 5.41) is 3.14. The van der Waals surface area contributed by atoms with Gasteiger partial charge in [-0.3, -0.25) is 4.57 Å². The van der Waals surface area contributed by atoms with Gasteiger partial charge in [-0.25, -0.2) is 9.37 Å². The molecule has 1 aromatic heterocycles.